The van der Waals surface area contributed by atoms with Crippen LogP contribution in [0.1, 0.15) is 82.4 Å². The maximum absolute atomic E-state index is 12.9. The molecule has 9 heteroatoms. The average molecular weight is 585 g/mol. The largest absolute Gasteiger partial charge is 0.394 e. The number of carbonyl (C=O) groups is 1. The molecule has 2 aromatic rings. The summed E-state index contributed by atoms with van der Waals surface area (Å²) < 4.78 is 5.71. The minimum absolute atomic E-state index is 0.0157. The van der Waals surface area contributed by atoms with Crippen molar-refractivity contribution < 1.29 is 19.7 Å². The van der Waals surface area contributed by atoms with Gasteiger partial charge < -0.3 is 30.5 Å². The molecule has 0 aromatic heterocycles. The van der Waals surface area contributed by atoms with Gasteiger partial charge in [0.1, 0.15) is 6.23 Å². The number of aliphatic hydroxyl groups excluding tert-OH is 2. The monoisotopic (exact) mass is 584 g/mol. The lowest BCUT2D eigenvalue weighted by Crippen LogP contribution is -2.48. The van der Waals surface area contributed by atoms with Gasteiger partial charge in [0.15, 0.2) is 0 Å². The Morgan fingerprint density at radius 1 is 1.12 bits per heavy atom. The maximum Gasteiger partial charge on any atom is 0.321 e. The third kappa shape index (κ3) is 8.38. The molecule has 0 spiro atoms. The van der Waals surface area contributed by atoms with Gasteiger partial charge in [0.2, 0.25) is 0 Å². The van der Waals surface area contributed by atoms with E-state index < -0.39 is 24.5 Å². The van der Waals surface area contributed by atoms with Crippen LogP contribution in [-0.2, 0) is 4.74 Å². The van der Waals surface area contributed by atoms with E-state index in [-0.39, 0.29) is 24.6 Å². The standard InChI is InChI=1S/C32H48N4O4S/c1-5-7-14-32(15-8-6-2)21-41-28-13-12-24(36(3)4)17-27(28)30(35-32)22-10-9-11-23(16-22)33-31(39)34-29-19-25(38)18-26(20-37)40-29/h9-13,16-17,25-26,29-30,35,37-38H,5-8,14-15,18-21H2,1-4H3,(H2,33,34,39)/t25?,26?,29-,30-/m1/s1. The molecule has 4 atom stereocenters. The van der Waals surface area contributed by atoms with Crippen molar-refractivity contribution in [2.24, 2.45) is 0 Å². The van der Waals surface area contributed by atoms with Crippen LogP contribution in [0.2, 0.25) is 0 Å². The number of hydrogen-bond donors (Lipinski definition) is 5. The van der Waals surface area contributed by atoms with Crippen molar-refractivity contribution >= 4 is 29.2 Å². The van der Waals surface area contributed by atoms with Gasteiger partial charge in [0, 0.05) is 54.5 Å². The average Bonchev–Trinajstić information content (AvgIpc) is 3.12. The van der Waals surface area contributed by atoms with Gasteiger partial charge in [0.05, 0.1) is 24.9 Å². The molecule has 1 fully saturated rings. The summed E-state index contributed by atoms with van der Waals surface area (Å²) >= 11 is 1.96. The fourth-order valence-corrected chi connectivity index (χ4v) is 7.14. The van der Waals surface area contributed by atoms with E-state index in [1.165, 1.54) is 23.3 Å². The molecule has 2 aromatic carbocycles. The smallest absolute Gasteiger partial charge is 0.321 e. The van der Waals surface area contributed by atoms with Gasteiger partial charge >= 0.3 is 6.03 Å². The second-order valence-electron chi connectivity index (χ2n) is 11.7. The van der Waals surface area contributed by atoms with Gasteiger partial charge in [-0.3, -0.25) is 5.32 Å². The number of ether oxygens (including phenoxy) is 1. The highest BCUT2D eigenvalue weighted by molar-refractivity contribution is 7.99. The molecule has 2 heterocycles. The minimum atomic E-state index is -0.659. The minimum Gasteiger partial charge on any atom is -0.394 e. The van der Waals surface area contributed by atoms with Crippen LogP contribution in [-0.4, -0.2) is 66.7 Å². The predicted molar refractivity (Wildman–Crippen MR) is 168 cm³/mol. The number of carbonyl (C=O) groups excluding carboxylic acids is 1. The number of anilines is 2. The molecule has 2 aliphatic rings. The first-order chi connectivity index (χ1) is 19.8. The van der Waals surface area contributed by atoms with Gasteiger partial charge in [-0.25, -0.2) is 4.79 Å². The Morgan fingerprint density at radius 3 is 2.56 bits per heavy atom. The number of aliphatic hydroxyl groups is 2. The van der Waals surface area contributed by atoms with E-state index in [0.717, 1.165) is 42.7 Å². The van der Waals surface area contributed by atoms with Crippen molar-refractivity contribution in [1.82, 2.24) is 10.6 Å². The zero-order valence-corrected chi connectivity index (χ0v) is 25.8. The topological polar surface area (TPSA) is 106 Å². The number of amides is 2. The quantitative estimate of drug-likeness (QED) is 0.233. The first-order valence-electron chi connectivity index (χ1n) is 15.1. The molecule has 4 rings (SSSR count). The molecule has 0 bridgehead atoms. The summed E-state index contributed by atoms with van der Waals surface area (Å²) in [6, 6.07) is 14.4. The number of urea groups is 1. The summed E-state index contributed by atoms with van der Waals surface area (Å²) in [6.07, 6.45) is 5.83. The summed E-state index contributed by atoms with van der Waals surface area (Å²) in [7, 11) is 4.14. The molecule has 0 aliphatic carbocycles. The van der Waals surface area contributed by atoms with Crippen LogP contribution in [0, 0.1) is 0 Å². The Hall–Kier alpha value is -2.30. The fourth-order valence-electron chi connectivity index (χ4n) is 5.83. The third-order valence-electron chi connectivity index (χ3n) is 8.14. The van der Waals surface area contributed by atoms with Crippen molar-refractivity contribution in [3.8, 4) is 0 Å². The Labute approximate surface area is 249 Å². The number of rotatable bonds is 11. The number of benzene rings is 2. The predicted octanol–water partition coefficient (Wildman–Crippen LogP) is 5.64. The van der Waals surface area contributed by atoms with E-state index >= 15 is 0 Å². The zero-order valence-electron chi connectivity index (χ0n) is 25.0. The highest BCUT2D eigenvalue weighted by Crippen LogP contribution is 2.43. The molecular formula is C32H48N4O4S. The summed E-state index contributed by atoms with van der Waals surface area (Å²) in [5.41, 5.74) is 4.23. The Kier molecular flexibility index (Phi) is 11.4. The summed E-state index contributed by atoms with van der Waals surface area (Å²) in [5, 5.41) is 29.5. The van der Waals surface area contributed by atoms with Gasteiger partial charge in [-0.15, -0.1) is 11.8 Å². The van der Waals surface area contributed by atoms with Crippen LogP contribution in [0.3, 0.4) is 0 Å². The van der Waals surface area contributed by atoms with Crippen LogP contribution in [0.4, 0.5) is 16.2 Å². The third-order valence-corrected chi connectivity index (χ3v) is 9.52. The van der Waals surface area contributed by atoms with E-state index in [2.05, 4.69) is 79.1 Å². The van der Waals surface area contributed by atoms with Crippen LogP contribution in [0.15, 0.2) is 47.4 Å². The molecule has 8 nitrogen and oxygen atoms in total. The molecule has 5 N–H and O–H groups in total. The van der Waals surface area contributed by atoms with Gasteiger partial charge in [-0.1, -0.05) is 51.7 Å². The molecule has 2 amide bonds. The lowest BCUT2D eigenvalue weighted by atomic mass is 9.86. The highest BCUT2D eigenvalue weighted by atomic mass is 32.2. The molecular weight excluding hydrogens is 536 g/mol. The van der Waals surface area contributed by atoms with Crippen LogP contribution in [0.5, 0.6) is 0 Å². The van der Waals surface area contributed by atoms with Gasteiger partial charge in [0.25, 0.3) is 0 Å². The lowest BCUT2D eigenvalue weighted by Gasteiger charge is -2.37. The summed E-state index contributed by atoms with van der Waals surface area (Å²) in [4.78, 5) is 16.3. The number of fused-ring (bicyclic) bond motifs is 1. The van der Waals surface area contributed by atoms with Crippen molar-refractivity contribution in [2.75, 3.05) is 36.7 Å². The Balaban J connectivity index is 1.62. The first kappa shape index (κ1) is 31.6. The van der Waals surface area contributed by atoms with Crippen LogP contribution >= 0.6 is 11.8 Å². The molecule has 0 saturated carbocycles. The summed E-state index contributed by atoms with van der Waals surface area (Å²) in [6.45, 7) is 4.33. The van der Waals surface area contributed by atoms with Gasteiger partial charge in [-0.2, -0.15) is 0 Å². The molecule has 0 radical (unpaired) electrons. The molecule has 2 unspecified atom stereocenters. The second-order valence-corrected chi connectivity index (χ2v) is 12.8. The number of thioether (sulfide) groups is 1. The SMILES string of the molecule is CCCCC1(CCCC)CSc2ccc(N(C)C)cc2[C@@H](c2cccc(NC(=O)N[C@H]3CC(O)CC(CO)O3)c2)N1. The molecule has 2 aliphatic heterocycles. The first-order valence-corrected chi connectivity index (χ1v) is 16.1. The number of unbranched alkanes of at least 4 members (excludes halogenated alkanes) is 2. The zero-order chi connectivity index (χ0) is 29.4. The van der Waals surface area contributed by atoms with Crippen molar-refractivity contribution in [2.45, 2.75) is 100 Å². The van der Waals surface area contributed by atoms with Crippen molar-refractivity contribution in [3.05, 3.63) is 53.6 Å². The molecule has 1 saturated heterocycles. The Bertz CT molecular complexity index is 1140. The number of hydrogen-bond acceptors (Lipinski definition) is 7. The van der Waals surface area contributed by atoms with Crippen LogP contribution < -0.4 is 20.9 Å². The second kappa shape index (κ2) is 14.7. The highest BCUT2D eigenvalue weighted by Gasteiger charge is 2.36. The molecule has 41 heavy (non-hydrogen) atoms. The normalized spacial score (nSPS) is 23.8. The number of nitrogens with zero attached hydrogens (tertiary/aromatic N) is 1. The van der Waals surface area contributed by atoms with E-state index in [0.29, 0.717) is 12.1 Å². The van der Waals surface area contributed by atoms with E-state index in [1.54, 1.807) is 0 Å². The van der Waals surface area contributed by atoms with Crippen molar-refractivity contribution in [1.29, 1.82) is 0 Å². The van der Waals surface area contributed by atoms with Gasteiger partial charge in [-0.05, 0) is 54.3 Å². The van der Waals surface area contributed by atoms with Crippen LogP contribution in [0.25, 0.3) is 0 Å². The maximum atomic E-state index is 12.9. The molecule has 226 valence electrons. The van der Waals surface area contributed by atoms with E-state index in [9.17, 15) is 15.0 Å². The lowest BCUT2D eigenvalue weighted by molar-refractivity contribution is -0.117. The van der Waals surface area contributed by atoms with E-state index in [4.69, 9.17) is 4.74 Å². The van der Waals surface area contributed by atoms with E-state index in [1.807, 2.05) is 23.9 Å². The Morgan fingerprint density at radius 2 is 1.88 bits per heavy atom. The summed E-state index contributed by atoms with van der Waals surface area (Å²) in [5.74, 6) is 1.03. The van der Waals surface area contributed by atoms with Crippen molar-refractivity contribution in [3.63, 3.8) is 0 Å². The number of nitrogens with one attached hydrogen (secondary N) is 3. The fraction of sp³-hybridized carbons (Fsp3) is 0.594.